The Morgan fingerprint density at radius 2 is 2.38 bits per heavy atom. The number of nitro benzene ring substituents is 1. The maximum Gasteiger partial charge on any atom is 0.310 e. The Morgan fingerprint density at radius 3 is 3.05 bits per heavy atom. The highest BCUT2D eigenvalue weighted by molar-refractivity contribution is 5.48. The van der Waals surface area contributed by atoms with Gasteiger partial charge < -0.3 is 14.8 Å². The van der Waals surface area contributed by atoms with Crippen molar-refractivity contribution < 1.29 is 14.4 Å². The zero-order chi connectivity index (χ0) is 15.1. The van der Waals surface area contributed by atoms with Gasteiger partial charge in [-0.3, -0.25) is 10.1 Å². The largest absolute Gasteiger partial charge is 0.487 e. The van der Waals surface area contributed by atoms with Crippen molar-refractivity contribution in [1.29, 1.82) is 0 Å². The van der Waals surface area contributed by atoms with Gasteiger partial charge in [0, 0.05) is 25.6 Å². The third-order valence-corrected chi connectivity index (χ3v) is 3.52. The Labute approximate surface area is 124 Å². The number of rotatable bonds is 8. The maximum absolute atomic E-state index is 11.1. The van der Waals surface area contributed by atoms with Crippen LogP contribution < -0.4 is 10.1 Å². The molecule has 1 unspecified atom stereocenters. The summed E-state index contributed by atoms with van der Waals surface area (Å²) in [6.07, 6.45) is 3.14. The monoisotopic (exact) mass is 294 g/mol. The molecule has 0 spiro atoms. The summed E-state index contributed by atoms with van der Waals surface area (Å²) in [6.45, 7) is 4.80. The van der Waals surface area contributed by atoms with E-state index >= 15 is 0 Å². The first-order chi connectivity index (χ1) is 10.2. The Bertz CT molecular complexity index is 473. The van der Waals surface area contributed by atoms with Crippen LogP contribution in [0.25, 0.3) is 0 Å². The minimum absolute atomic E-state index is 0.0163. The third-order valence-electron chi connectivity index (χ3n) is 3.52. The smallest absolute Gasteiger partial charge is 0.310 e. The van der Waals surface area contributed by atoms with Crippen molar-refractivity contribution in [3.05, 3.63) is 33.9 Å². The Hall–Kier alpha value is -1.66. The van der Waals surface area contributed by atoms with E-state index in [2.05, 4.69) is 5.32 Å². The van der Waals surface area contributed by atoms with Crippen molar-refractivity contribution in [1.82, 2.24) is 5.32 Å². The number of hydrogen-bond donors (Lipinski definition) is 1. The van der Waals surface area contributed by atoms with Gasteiger partial charge in [0.1, 0.15) is 0 Å². The van der Waals surface area contributed by atoms with Gasteiger partial charge >= 0.3 is 5.69 Å². The molecule has 21 heavy (non-hydrogen) atoms. The second-order valence-corrected chi connectivity index (χ2v) is 5.11. The van der Waals surface area contributed by atoms with Gasteiger partial charge in [-0.15, -0.1) is 0 Å². The van der Waals surface area contributed by atoms with Crippen molar-refractivity contribution in [2.24, 2.45) is 0 Å². The number of benzene rings is 1. The van der Waals surface area contributed by atoms with Crippen molar-refractivity contribution in [3.8, 4) is 5.75 Å². The molecule has 0 radical (unpaired) electrons. The molecule has 6 heteroatoms. The van der Waals surface area contributed by atoms with Gasteiger partial charge in [-0.05, 0) is 31.0 Å². The number of hydrogen-bond acceptors (Lipinski definition) is 5. The van der Waals surface area contributed by atoms with Gasteiger partial charge in [-0.1, -0.05) is 13.0 Å². The van der Waals surface area contributed by atoms with Crippen LogP contribution >= 0.6 is 0 Å². The molecule has 1 aromatic carbocycles. The van der Waals surface area contributed by atoms with E-state index in [1.165, 1.54) is 6.07 Å². The van der Waals surface area contributed by atoms with Crippen molar-refractivity contribution in [3.63, 3.8) is 0 Å². The first kappa shape index (κ1) is 15.7. The maximum atomic E-state index is 11.1. The quantitative estimate of drug-likeness (QED) is 0.589. The summed E-state index contributed by atoms with van der Waals surface area (Å²) in [5.74, 6) is 0.341. The van der Waals surface area contributed by atoms with Crippen LogP contribution in [0.15, 0.2) is 18.2 Å². The molecule has 0 aromatic heterocycles. The normalized spacial score (nSPS) is 17.9. The molecule has 0 aliphatic carbocycles. The standard InChI is InChI=1S/C15H22N2O4/c1-2-16-11-12-5-6-14(17(18)19)15(10-12)21-9-7-13-4-3-8-20-13/h5-6,10,13,16H,2-4,7-9,11H2,1H3. The SMILES string of the molecule is CCNCc1ccc([N+](=O)[O-])c(OCCC2CCCO2)c1. The molecule has 1 atom stereocenters. The molecule has 0 saturated carbocycles. The molecule has 116 valence electrons. The van der Waals surface area contributed by atoms with Gasteiger partial charge in [0.2, 0.25) is 0 Å². The van der Waals surface area contributed by atoms with Crippen molar-refractivity contribution >= 4 is 5.69 Å². The number of nitrogens with zero attached hydrogens (tertiary/aromatic N) is 1. The lowest BCUT2D eigenvalue weighted by Gasteiger charge is -2.12. The average molecular weight is 294 g/mol. The molecule has 0 amide bonds. The van der Waals surface area contributed by atoms with Gasteiger partial charge in [0.15, 0.2) is 5.75 Å². The lowest BCUT2D eigenvalue weighted by molar-refractivity contribution is -0.385. The summed E-state index contributed by atoms with van der Waals surface area (Å²) in [4.78, 5) is 10.6. The van der Waals surface area contributed by atoms with Crippen LogP contribution in [0.4, 0.5) is 5.69 Å². The highest BCUT2D eigenvalue weighted by Gasteiger charge is 2.18. The molecule has 1 N–H and O–H groups in total. The van der Waals surface area contributed by atoms with Crippen LogP contribution in [0.3, 0.4) is 0 Å². The predicted molar refractivity (Wildman–Crippen MR) is 79.6 cm³/mol. The lowest BCUT2D eigenvalue weighted by Crippen LogP contribution is -2.13. The first-order valence-corrected chi connectivity index (χ1v) is 7.43. The molecule has 6 nitrogen and oxygen atoms in total. The zero-order valence-electron chi connectivity index (χ0n) is 12.3. The fourth-order valence-corrected chi connectivity index (χ4v) is 2.38. The molecule has 1 heterocycles. The van der Waals surface area contributed by atoms with Gasteiger partial charge in [-0.25, -0.2) is 0 Å². The summed E-state index contributed by atoms with van der Waals surface area (Å²) >= 11 is 0. The zero-order valence-corrected chi connectivity index (χ0v) is 12.3. The highest BCUT2D eigenvalue weighted by Crippen LogP contribution is 2.28. The van der Waals surface area contributed by atoms with Crippen LogP contribution in [0.1, 0.15) is 31.7 Å². The van der Waals surface area contributed by atoms with Crippen LogP contribution in [-0.4, -0.2) is 30.8 Å². The fourth-order valence-electron chi connectivity index (χ4n) is 2.38. The molecule has 0 bridgehead atoms. The minimum atomic E-state index is -0.404. The minimum Gasteiger partial charge on any atom is -0.487 e. The number of nitrogens with one attached hydrogen (secondary N) is 1. The molecule has 1 saturated heterocycles. The van der Waals surface area contributed by atoms with E-state index in [0.29, 0.717) is 18.9 Å². The van der Waals surface area contributed by atoms with Gasteiger partial charge in [0.25, 0.3) is 0 Å². The first-order valence-electron chi connectivity index (χ1n) is 7.43. The average Bonchev–Trinajstić information content (AvgIpc) is 2.98. The van der Waals surface area contributed by atoms with Crippen molar-refractivity contribution in [2.75, 3.05) is 19.8 Å². The predicted octanol–water partition coefficient (Wildman–Crippen LogP) is 2.65. The van der Waals surface area contributed by atoms with Gasteiger partial charge in [0.05, 0.1) is 17.6 Å². The van der Waals surface area contributed by atoms with E-state index < -0.39 is 4.92 Å². The Morgan fingerprint density at radius 1 is 1.52 bits per heavy atom. The lowest BCUT2D eigenvalue weighted by atomic mass is 10.2. The summed E-state index contributed by atoms with van der Waals surface area (Å²) < 4.78 is 11.2. The fraction of sp³-hybridized carbons (Fsp3) is 0.600. The molecule has 1 aliphatic rings. The van der Waals surface area contributed by atoms with E-state index in [9.17, 15) is 10.1 Å². The molecule has 2 rings (SSSR count). The summed E-state index contributed by atoms with van der Waals surface area (Å²) in [6, 6.07) is 5.01. The molecular formula is C15H22N2O4. The molecule has 1 aliphatic heterocycles. The van der Waals surface area contributed by atoms with Crippen LogP contribution in [0, 0.1) is 10.1 Å². The highest BCUT2D eigenvalue weighted by atomic mass is 16.6. The Kier molecular flexibility index (Phi) is 5.95. The summed E-state index contributed by atoms with van der Waals surface area (Å²) in [5.41, 5.74) is 0.997. The molecule has 1 aromatic rings. The number of ether oxygens (including phenoxy) is 2. The van der Waals surface area contributed by atoms with Gasteiger partial charge in [-0.2, -0.15) is 0 Å². The number of nitro groups is 1. The van der Waals surface area contributed by atoms with E-state index in [4.69, 9.17) is 9.47 Å². The molecule has 1 fully saturated rings. The second-order valence-electron chi connectivity index (χ2n) is 5.11. The summed E-state index contributed by atoms with van der Waals surface area (Å²) in [5, 5.41) is 14.2. The summed E-state index contributed by atoms with van der Waals surface area (Å²) in [7, 11) is 0. The van der Waals surface area contributed by atoms with Crippen LogP contribution in [0.5, 0.6) is 5.75 Å². The van der Waals surface area contributed by atoms with Crippen LogP contribution in [0.2, 0.25) is 0 Å². The third kappa shape index (κ3) is 4.68. The Balaban J connectivity index is 1.97. The molecular weight excluding hydrogens is 272 g/mol. The van der Waals surface area contributed by atoms with E-state index in [-0.39, 0.29) is 11.8 Å². The van der Waals surface area contributed by atoms with Crippen molar-refractivity contribution in [2.45, 2.75) is 38.8 Å². The van der Waals surface area contributed by atoms with E-state index in [1.807, 2.05) is 6.92 Å². The van der Waals surface area contributed by atoms with E-state index in [1.54, 1.807) is 12.1 Å². The van der Waals surface area contributed by atoms with E-state index in [0.717, 1.165) is 38.0 Å². The second kappa shape index (κ2) is 7.95. The topological polar surface area (TPSA) is 73.6 Å². The van der Waals surface area contributed by atoms with Crippen LogP contribution in [-0.2, 0) is 11.3 Å².